The standard InChI is InChI=1S/C14H23N3O2S/c15-11-14(7-2-3-8-14)12-17-20(18,19)10-6-13-5-1-4-9-16-13/h1,4-5,9,17H,2-3,6-8,10-12,15H2. The van der Waals surface area contributed by atoms with Gasteiger partial charge in [-0.15, -0.1) is 0 Å². The molecule has 3 N–H and O–H groups in total. The zero-order valence-electron chi connectivity index (χ0n) is 11.7. The van der Waals surface area contributed by atoms with Gasteiger partial charge >= 0.3 is 0 Å². The summed E-state index contributed by atoms with van der Waals surface area (Å²) >= 11 is 0. The van der Waals surface area contributed by atoms with Gasteiger partial charge in [0.05, 0.1) is 5.75 Å². The lowest BCUT2D eigenvalue weighted by Crippen LogP contribution is -2.41. The minimum Gasteiger partial charge on any atom is -0.330 e. The number of aryl methyl sites for hydroxylation is 1. The van der Waals surface area contributed by atoms with Gasteiger partial charge in [-0.3, -0.25) is 4.98 Å². The van der Waals surface area contributed by atoms with Crippen LogP contribution in [0.25, 0.3) is 0 Å². The van der Waals surface area contributed by atoms with Crippen molar-refractivity contribution in [2.75, 3.05) is 18.8 Å². The van der Waals surface area contributed by atoms with Gasteiger partial charge in [-0.05, 0) is 36.9 Å². The molecule has 6 heteroatoms. The van der Waals surface area contributed by atoms with Gasteiger partial charge in [0.15, 0.2) is 0 Å². The summed E-state index contributed by atoms with van der Waals surface area (Å²) in [6, 6.07) is 5.53. The van der Waals surface area contributed by atoms with Gasteiger partial charge in [-0.25, -0.2) is 13.1 Å². The first kappa shape index (κ1) is 15.4. The summed E-state index contributed by atoms with van der Waals surface area (Å²) in [6.07, 6.45) is 6.45. The smallest absolute Gasteiger partial charge is 0.211 e. The van der Waals surface area contributed by atoms with Crippen LogP contribution in [0.5, 0.6) is 0 Å². The normalized spacial score (nSPS) is 18.2. The minimum absolute atomic E-state index is 0.0297. The lowest BCUT2D eigenvalue weighted by molar-refractivity contribution is 0.309. The molecule has 0 atom stereocenters. The first-order valence-corrected chi connectivity index (χ1v) is 8.78. The Morgan fingerprint density at radius 2 is 2.05 bits per heavy atom. The van der Waals surface area contributed by atoms with Crippen molar-refractivity contribution in [3.63, 3.8) is 0 Å². The zero-order chi connectivity index (χ0) is 14.5. The average Bonchev–Trinajstić information content (AvgIpc) is 2.94. The second-order valence-corrected chi connectivity index (χ2v) is 7.55. The average molecular weight is 297 g/mol. The lowest BCUT2D eigenvalue weighted by atomic mass is 9.87. The van der Waals surface area contributed by atoms with E-state index in [0.717, 1.165) is 31.4 Å². The molecule has 112 valence electrons. The highest BCUT2D eigenvalue weighted by atomic mass is 32.2. The van der Waals surface area contributed by atoms with E-state index in [1.165, 1.54) is 0 Å². The van der Waals surface area contributed by atoms with E-state index < -0.39 is 10.0 Å². The number of hydrogen-bond acceptors (Lipinski definition) is 4. The molecule has 1 aromatic heterocycles. The van der Waals surface area contributed by atoms with Crippen LogP contribution in [0.4, 0.5) is 0 Å². The molecule has 1 aliphatic carbocycles. The van der Waals surface area contributed by atoms with Crippen LogP contribution in [0.15, 0.2) is 24.4 Å². The van der Waals surface area contributed by atoms with Crippen molar-refractivity contribution >= 4 is 10.0 Å². The molecule has 0 radical (unpaired) electrons. The number of nitrogens with zero attached hydrogens (tertiary/aromatic N) is 1. The van der Waals surface area contributed by atoms with Crippen LogP contribution in [0.3, 0.4) is 0 Å². The van der Waals surface area contributed by atoms with Crippen LogP contribution in [0.2, 0.25) is 0 Å². The Balaban J connectivity index is 1.85. The minimum atomic E-state index is -3.26. The van der Waals surface area contributed by atoms with Crippen LogP contribution in [-0.2, 0) is 16.4 Å². The predicted molar refractivity (Wildman–Crippen MR) is 79.7 cm³/mol. The number of pyridine rings is 1. The maximum atomic E-state index is 12.0. The highest BCUT2D eigenvalue weighted by molar-refractivity contribution is 7.89. The van der Waals surface area contributed by atoms with Crippen molar-refractivity contribution in [3.05, 3.63) is 30.1 Å². The maximum absolute atomic E-state index is 12.0. The summed E-state index contributed by atoms with van der Waals surface area (Å²) in [5.41, 5.74) is 6.59. The molecule has 0 saturated heterocycles. The number of sulfonamides is 1. The summed E-state index contributed by atoms with van der Waals surface area (Å²) < 4.78 is 26.8. The molecule has 20 heavy (non-hydrogen) atoms. The van der Waals surface area contributed by atoms with E-state index in [4.69, 9.17) is 5.73 Å². The van der Waals surface area contributed by atoms with E-state index in [2.05, 4.69) is 9.71 Å². The molecule has 5 nitrogen and oxygen atoms in total. The summed E-state index contributed by atoms with van der Waals surface area (Å²) in [5.74, 6) is 0.0741. The summed E-state index contributed by atoms with van der Waals surface area (Å²) in [5, 5.41) is 0. The van der Waals surface area contributed by atoms with Crippen molar-refractivity contribution in [2.45, 2.75) is 32.1 Å². The quantitative estimate of drug-likeness (QED) is 0.788. The van der Waals surface area contributed by atoms with E-state index in [9.17, 15) is 8.42 Å². The van der Waals surface area contributed by atoms with Gasteiger partial charge < -0.3 is 5.73 Å². The summed E-state index contributed by atoms with van der Waals surface area (Å²) in [6.45, 7) is 1.02. The van der Waals surface area contributed by atoms with Gasteiger partial charge in [-0.2, -0.15) is 0 Å². The van der Waals surface area contributed by atoms with Gasteiger partial charge in [0.2, 0.25) is 10.0 Å². The third-order valence-electron chi connectivity index (χ3n) is 4.12. The van der Waals surface area contributed by atoms with E-state index in [-0.39, 0.29) is 11.2 Å². The van der Waals surface area contributed by atoms with E-state index in [1.807, 2.05) is 18.2 Å². The third-order valence-corrected chi connectivity index (χ3v) is 5.44. The van der Waals surface area contributed by atoms with E-state index >= 15 is 0 Å². The fraction of sp³-hybridized carbons (Fsp3) is 0.643. The largest absolute Gasteiger partial charge is 0.330 e. The predicted octanol–water partition coefficient (Wildman–Crippen LogP) is 1.06. The fourth-order valence-corrected chi connectivity index (χ4v) is 3.85. The van der Waals surface area contributed by atoms with Gasteiger partial charge in [-0.1, -0.05) is 18.9 Å². The molecule has 1 fully saturated rings. The summed E-state index contributed by atoms with van der Waals surface area (Å²) in [4.78, 5) is 4.14. The third kappa shape index (κ3) is 4.26. The molecule has 1 saturated carbocycles. The van der Waals surface area contributed by atoms with Gasteiger partial charge in [0.25, 0.3) is 0 Å². The molecular weight excluding hydrogens is 274 g/mol. The molecular formula is C14H23N3O2S. The molecule has 0 unspecified atom stereocenters. The first-order valence-electron chi connectivity index (χ1n) is 7.13. The van der Waals surface area contributed by atoms with E-state index in [0.29, 0.717) is 19.5 Å². The first-order chi connectivity index (χ1) is 9.55. The van der Waals surface area contributed by atoms with Crippen LogP contribution in [0, 0.1) is 5.41 Å². The van der Waals surface area contributed by atoms with Crippen molar-refractivity contribution in [2.24, 2.45) is 11.1 Å². The monoisotopic (exact) mass is 297 g/mol. The Morgan fingerprint density at radius 3 is 2.65 bits per heavy atom. The number of rotatable bonds is 7. The van der Waals surface area contributed by atoms with Crippen LogP contribution < -0.4 is 10.5 Å². The molecule has 0 spiro atoms. The highest BCUT2D eigenvalue weighted by Crippen LogP contribution is 2.36. The highest BCUT2D eigenvalue weighted by Gasteiger charge is 2.33. The Bertz CT molecular complexity index is 510. The molecule has 1 heterocycles. The Hall–Kier alpha value is -0.980. The molecule has 0 aromatic carbocycles. The van der Waals surface area contributed by atoms with Crippen LogP contribution in [0.1, 0.15) is 31.4 Å². The molecule has 0 aliphatic heterocycles. The molecule has 2 rings (SSSR count). The Kier molecular flexibility index (Phi) is 5.12. The van der Waals surface area contributed by atoms with Crippen molar-refractivity contribution in [1.29, 1.82) is 0 Å². The number of nitrogens with one attached hydrogen (secondary N) is 1. The van der Waals surface area contributed by atoms with Crippen molar-refractivity contribution < 1.29 is 8.42 Å². The van der Waals surface area contributed by atoms with Gasteiger partial charge in [0.1, 0.15) is 0 Å². The second kappa shape index (κ2) is 6.65. The molecule has 0 amide bonds. The molecule has 1 aliphatic rings. The maximum Gasteiger partial charge on any atom is 0.211 e. The fourth-order valence-electron chi connectivity index (χ4n) is 2.70. The Labute approximate surface area is 121 Å². The number of hydrogen-bond donors (Lipinski definition) is 2. The topological polar surface area (TPSA) is 85.1 Å². The molecule has 1 aromatic rings. The van der Waals surface area contributed by atoms with Crippen LogP contribution >= 0.6 is 0 Å². The summed E-state index contributed by atoms with van der Waals surface area (Å²) in [7, 11) is -3.26. The Morgan fingerprint density at radius 1 is 1.30 bits per heavy atom. The molecule has 0 bridgehead atoms. The number of aromatic nitrogens is 1. The SMILES string of the molecule is NCC1(CNS(=O)(=O)CCc2ccccn2)CCCC1. The van der Waals surface area contributed by atoms with Crippen molar-refractivity contribution in [3.8, 4) is 0 Å². The van der Waals surface area contributed by atoms with Gasteiger partial charge in [0, 0.05) is 24.9 Å². The van der Waals surface area contributed by atoms with E-state index in [1.54, 1.807) is 6.20 Å². The van der Waals surface area contributed by atoms with Crippen LogP contribution in [-0.4, -0.2) is 32.2 Å². The zero-order valence-corrected chi connectivity index (χ0v) is 12.5. The number of nitrogens with two attached hydrogens (primary N) is 1. The second-order valence-electron chi connectivity index (χ2n) is 5.62. The lowest BCUT2D eigenvalue weighted by Gasteiger charge is -2.27. The van der Waals surface area contributed by atoms with Crippen molar-refractivity contribution in [1.82, 2.24) is 9.71 Å².